The molecule has 1 saturated heterocycles. The number of piperidine rings is 1. The number of fused-ring (bicyclic) bond motifs is 1. The molecule has 0 aliphatic carbocycles. The van der Waals surface area contributed by atoms with Crippen LogP contribution in [0.2, 0.25) is 0 Å². The van der Waals surface area contributed by atoms with E-state index in [4.69, 9.17) is 0 Å². The first-order chi connectivity index (χ1) is 14.8. The Kier molecular flexibility index (Phi) is 5.68. The number of hydrogen-bond acceptors (Lipinski definition) is 4. The fraction of sp³-hybridized carbons (Fsp3) is 0.304. The normalized spacial score (nSPS) is 19.4. The van der Waals surface area contributed by atoms with Gasteiger partial charge in [0, 0.05) is 35.6 Å². The van der Waals surface area contributed by atoms with Gasteiger partial charge in [0.25, 0.3) is 5.91 Å². The molecule has 4 rings (SSSR count). The third-order valence-corrected chi connectivity index (χ3v) is 7.62. The average molecular weight is 440 g/mol. The topological polar surface area (TPSA) is 86.8 Å². The van der Waals surface area contributed by atoms with Crippen LogP contribution in [0.15, 0.2) is 60.0 Å². The number of carbonyl (C=O) groups is 2. The summed E-state index contributed by atoms with van der Waals surface area (Å²) in [6.45, 7) is 6.87. The number of amides is 2. The van der Waals surface area contributed by atoms with Gasteiger partial charge in [-0.05, 0) is 49.1 Å². The van der Waals surface area contributed by atoms with Crippen molar-refractivity contribution in [1.82, 2.24) is 9.21 Å². The highest BCUT2D eigenvalue weighted by Gasteiger charge is 2.32. The van der Waals surface area contributed by atoms with Gasteiger partial charge in [-0.2, -0.15) is 4.31 Å². The standard InChI is InChI=1S/C23H25N3O4S/c1-16-6-5-13-25(14-16)31(29,30)19-11-9-18(10-12-19)24-22(27)15-26-17(2)20-7-3-4-8-21(20)23(26)28/h3-4,7-12,16H,2,5-6,13-15H2,1H3,(H,24,27). The Balaban J connectivity index is 1.41. The van der Waals surface area contributed by atoms with Crippen LogP contribution in [0.1, 0.15) is 35.7 Å². The van der Waals surface area contributed by atoms with E-state index in [9.17, 15) is 18.0 Å². The van der Waals surface area contributed by atoms with E-state index in [2.05, 4.69) is 18.8 Å². The number of carbonyl (C=O) groups excluding carboxylic acids is 2. The summed E-state index contributed by atoms with van der Waals surface area (Å²) in [5.41, 5.74) is 2.21. The lowest BCUT2D eigenvalue weighted by Crippen LogP contribution is -2.39. The fourth-order valence-electron chi connectivity index (χ4n) is 4.07. The summed E-state index contributed by atoms with van der Waals surface area (Å²) in [4.78, 5) is 26.6. The van der Waals surface area contributed by atoms with Gasteiger partial charge in [0.1, 0.15) is 6.54 Å². The van der Waals surface area contributed by atoms with Crippen molar-refractivity contribution in [2.75, 3.05) is 25.0 Å². The van der Waals surface area contributed by atoms with Gasteiger partial charge in [0.2, 0.25) is 15.9 Å². The van der Waals surface area contributed by atoms with Crippen LogP contribution >= 0.6 is 0 Å². The molecule has 2 aliphatic rings. The van der Waals surface area contributed by atoms with E-state index in [1.165, 1.54) is 21.3 Å². The van der Waals surface area contributed by atoms with Crippen molar-refractivity contribution in [3.8, 4) is 0 Å². The van der Waals surface area contributed by atoms with E-state index in [1.807, 2.05) is 6.07 Å². The molecule has 2 aromatic rings. The van der Waals surface area contributed by atoms with E-state index in [1.54, 1.807) is 30.3 Å². The maximum absolute atomic E-state index is 12.9. The van der Waals surface area contributed by atoms with Gasteiger partial charge in [0.05, 0.1) is 4.90 Å². The van der Waals surface area contributed by atoms with Gasteiger partial charge < -0.3 is 5.32 Å². The van der Waals surface area contributed by atoms with Gasteiger partial charge in [-0.1, -0.05) is 31.7 Å². The molecule has 2 aromatic carbocycles. The van der Waals surface area contributed by atoms with Crippen molar-refractivity contribution in [1.29, 1.82) is 0 Å². The Morgan fingerprint density at radius 2 is 1.81 bits per heavy atom. The van der Waals surface area contributed by atoms with Crippen LogP contribution in [-0.4, -0.2) is 49.1 Å². The molecule has 0 radical (unpaired) electrons. The van der Waals surface area contributed by atoms with Crippen molar-refractivity contribution >= 4 is 33.2 Å². The minimum Gasteiger partial charge on any atom is -0.325 e. The number of anilines is 1. The summed E-state index contributed by atoms with van der Waals surface area (Å²) >= 11 is 0. The van der Waals surface area contributed by atoms with Gasteiger partial charge >= 0.3 is 0 Å². The summed E-state index contributed by atoms with van der Waals surface area (Å²) < 4.78 is 27.2. The second kappa shape index (κ2) is 8.28. The predicted octanol–water partition coefficient (Wildman–Crippen LogP) is 3.17. The number of benzene rings is 2. The molecule has 0 aromatic heterocycles. The van der Waals surface area contributed by atoms with Crippen molar-refractivity contribution < 1.29 is 18.0 Å². The smallest absolute Gasteiger partial charge is 0.259 e. The minimum absolute atomic E-state index is 0.169. The third-order valence-electron chi connectivity index (χ3n) is 5.74. The van der Waals surface area contributed by atoms with Gasteiger partial charge in [-0.15, -0.1) is 0 Å². The lowest BCUT2D eigenvalue weighted by atomic mass is 10.0. The third kappa shape index (κ3) is 4.13. The zero-order chi connectivity index (χ0) is 22.2. The number of hydrogen-bond donors (Lipinski definition) is 1. The highest BCUT2D eigenvalue weighted by Crippen LogP contribution is 2.31. The first-order valence-corrected chi connectivity index (χ1v) is 11.7. The molecule has 8 heteroatoms. The largest absolute Gasteiger partial charge is 0.325 e. The van der Waals surface area contributed by atoms with Crippen LogP contribution in [0.4, 0.5) is 5.69 Å². The number of nitrogens with one attached hydrogen (secondary N) is 1. The SMILES string of the molecule is C=C1c2ccccc2C(=O)N1CC(=O)Nc1ccc(S(=O)(=O)N2CCCC(C)C2)cc1. The molecule has 1 fully saturated rings. The maximum Gasteiger partial charge on any atom is 0.259 e. The number of rotatable bonds is 5. The van der Waals surface area contributed by atoms with Crippen LogP contribution in [0.3, 0.4) is 0 Å². The van der Waals surface area contributed by atoms with Crippen LogP contribution < -0.4 is 5.32 Å². The minimum atomic E-state index is -3.55. The summed E-state index contributed by atoms with van der Waals surface area (Å²) in [6, 6.07) is 13.2. The van der Waals surface area contributed by atoms with E-state index >= 15 is 0 Å². The van der Waals surface area contributed by atoms with Gasteiger partial charge in [-0.25, -0.2) is 8.42 Å². The van der Waals surface area contributed by atoms with Crippen molar-refractivity contribution in [3.63, 3.8) is 0 Å². The number of nitrogens with zero attached hydrogens (tertiary/aromatic N) is 2. The molecule has 1 atom stereocenters. The molecule has 7 nitrogen and oxygen atoms in total. The quantitative estimate of drug-likeness (QED) is 0.775. The second-order valence-electron chi connectivity index (χ2n) is 8.07. The molecule has 2 amide bonds. The zero-order valence-electron chi connectivity index (χ0n) is 17.4. The lowest BCUT2D eigenvalue weighted by molar-refractivity contribution is -0.116. The average Bonchev–Trinajstić information content (AvgIpc) is 2.99. The summed E-state index contributed by atoms with van der Waals surface area (Å²) in [5, 5.41) is 2.72. The van der Waals surface area contributed by atoms with Crippen LogP contribution in [0.25, 0.3) is 5.70 Å². The van der Waals surface area contributed by atoms with E-state index in [-0.39, 0.29) is 23.3 Å². The molecule has 2 aliphatic heterocycles. The van der Waals surface area contributed by atoms with Gasteiger partial charge in [0.15, 0.2) is 0 Å². The van der Waals surface area contributed by atoms with Crippen LogP contribution in [-0.2, 0) is 14.8 Å². The zero-order valence-corrected chi connectivity index (χ0v) is 18.2. The maximum atomic E-state index is 12.9. The molecule has 1 N–H and O–H groups in total. The molecule has 31 heavy (non-hydrogen) atoms. The Bertz CT molecular complexity index is 1110. The summed E-state index contributed by atoms with van der Waals surface area (Å²) in [5.74, 6) is -0.299. The molecular formula is C23H25N3O4S. The summed E-state index contributed by atoms with van der Waals surface area (Å²) in [7, 11) is -3.55. The lowest BCUT2D eigenvalue weighted by Gasteiger charge is -2.30. The van der Waals surface area contributed by atoms with Crippen molar-refractivity contribution in [2.24, 2.45) is 5.92 Å². The Hall–Kier alpha value is -2.97. The molecule has 162 valence electrons. The predicted molar refractivity (Wildman–Crippen MR) is 119 cm³/mol. The Morgan fingerprint density at radius 1 is 1.13 bits per heavy atom. The number of sulfonamides is 1. The Labute approximate surface area is 182 Å². The Morgan fingerprint density at radius 3 is 2.45 bits per heavy atom. The van der Waals surface area contributed by atoms with Crippen molar-refractivity contribution in [3.05, 3.63) is 66.2 Å². The van der Waals surface area contributed by atoms with Crippen LogP contribution in [0.5, 0.6) is 0 Å². The second-order valence-corrected chi connectivity index (χ2v) is 10.0. The first-order valence-electron chi connectivity index (χ1n) is 10.3. The van der Waals surface area contributed by atoms with E-state index in [0.29, 0.717) is 36.0 Å². The fourth-order valence-corrected chi connectivity index (χ4v) is 5.67. The molecular weight excluding hydrogens is 414 g/mol. The van der Waals surface area contributed by atoms with E-state index < -0.39 is 10.0 Å². The monoisotopic (exact) mass is 439 g/mol. The highest BCUT2D eigenvalue weighted by atomic mass is 32.2. The summed E-state index contributed by atoms with van der Waals surface area (Å²) in [6.07, 6.45) is 1.90. The molecule has 2 heterocycles. The molecule has 0 spiro atoms. The molecule has 1 unspecified atom stereocenters. The van der Waals surface area contributed by atoms with Gasteiger partial charge in [-0.3, -0.25) is 14.5 Å². The van der Waals surface area contributed by atoms with Crippen molar-refractivity contribution in [2.45, 2.75) is 24.7 Å². The van der Waals surface area contributed by atoms with Crippen LogP contribution in [0, 0.1) is 5.92 Å². The highest BCUT2D eigenvalue weighted by molar-refractivity contribution is 7.89. The van der Waals surface area contributed by atoms with E-state index in [0.717, 1.165) is 18.4 Å². The molecule has 0 saturated carbocycles. The molecule has 0 bridgehead atoms. The first kappa shape index (κ1) is 21.3.